The zero-order valence-electron chi connectivity index (χ0n) is 18.2. The standard InChI is InChI=1S/C23H23N5O4/c1-14-10-19(18-6-5-7-20(28(29)30)22(18)25-14)26-21(23-24-8-9-27(23)2)15-11-16(31-3)13-17(12-15)32-4/h5-13,21H,1-4H3,(H,25,26). The number of ether oxygens (including phenoxy) is 2. The molecular weight excluding hydrogens is 410 g/mol. The van der Waals surface area contributed by atoms with Crippen LogP contribution in [0.2, 0.25) is 0 Å². The van der Waals surface area contributed by atoms with Gasteiger partial charge in [-0.25, -0.2) is 9.97 Å². The lowest BCUT2D eigenvalue weighted by Gasteiger charge is -2.22. The van der Waals surface area contributed by atoms with E-state index in [9.17, 15) is 10.1 Å². The number of nitrogens with one attached hydrogen (secondary N) is 1. The molecule has 0 fully saturated rings. The molecule has 0 radical (unpaired) electrons. The minimum Gasteiger partial charge on any atom is -0.497 e. The van der Waals surface area contributed by atoms with Crippen LogP contribution in [-0.4, -0.2) is 33.7 Å². The molecule has 2 heterocycles. The average Bonchev–Trinajstić information content (AvgIpc) is 3.21. The number of anilines is 1. The smallest absolute Gasteiger partial charge is 0.295 e. The monoisotopic (exact) mass is 433 g/mol. The molecule has 1 N–H and O–H groups in total. The van der Waals surface area contributed by atoms with Crippen LogP contribution in [-0.2, 0) is 7.05 Å². The molecule has 0 saturated carbocycles. The van der Waals surface area contributed by atoms with Crippen molar-refractivity contribution in [2.75, 3.05) is 19.5 Å². The van der Waals surface area contributed by atoms with Gasteiger partial charge < -0.3 is 19.4 Å². The molecule has 2 aromatic heterocycles. The SMILES string of the molecule is COc1cc(OC)cc(C(Nc2cc(C)nc3c([N+](=O)[O-])cccc23)c2nccn2C)c1. The molecule has 9 heteroatoms. The fourth-order valence-corrected chi connectivity index (χ4v) is 3.73. The number of nitro groups is 1. The summed E-state index contributed by atoms with van der Waals surface area (Å²) in [4.78, 5) is 20.1. The number of benzene rings is 2. The van der Waals surface area contributed by atoms with Gasteiger partial charge in [-0.3, -0.25) is 10.1 Å². The highest BCUT2D eigenvalue weighted by Crippen LogP contribution is 2.35. The normalized spacial score (nSPS) is 11.9. The van der Waals surface area contributed by atoms with E-state index in [0.29, 0.717) is 33.8 Å². The van der Waals surface area contributed by atoms with Crippen molar-refractivity contribution < 1.29 is 14.4 Å². The Morgan fingerprint density at radius 2 is 1.84 bits per heavy atom. The topological polar surface area (TPSA) is 104 Å². The Morgan fingerprint density at radius 3 is 2.44 bits per heavy atom. The second-order valence-corrected chi connectivity index (χ2v) is 7.36. The molecule has 1 atom stereocenters. The Balaban J connectivity index is 1.90. The van der Waals surface area contributed by atoms with Gasteiger partial charge in [0.1, 0.15) is 23.4 Å². The molecule has 1 unspecified atom stereocenters. The lowest BCUT2D eigenvalue weighted by Crippen LogP contribution is -2.17. The number of hydrogen-bond acceptors (Lipinski definition) is 7. The molecule has 0 bridgehead atoms. The van der Waals surface area contributed by atoms with Gasteiger partial charge in [0.05, 0.1) is 19.1 Å². The number of non-ortho nitro benzene ring substituents is 1. The van der Waals surface area contributed by atoms with E-state index in [4.69, 9.17) is 9.47 Å². The van der Waals surface area contributed by atoms with Crippen LogP contribution in [0.5, 0.6) is 11.5 Å². The molecule has 2 aromatic carbocycles. The Hall–Kier alpha value is -4.14. The number of aryl methyl sites for hydroxylation is 2. The predicted molar refractivity (Wildman–Crippen MR) is 121 cm³/mol. The van der Waals surface area contributed by atoms with Gasteiger partial charge in [-0.1, -0.05) is 12.1 Å². The van der Waals surface area contributed by atoms with E-state index in [1.54, 1.807) is 32.5 Å². The highest BCUT2D eigenvalue weighted by atomic mass is 16.6. The van der Waals surface area contributed by atoms with Crippen LogP contribution >= 0.6 is 0 Å². The number of imidazole rings is 1. The second-order valence-electron chi connectivity index (χ2n) is 7.36. The van der Waals surface area contributed by atoms with Crippen LogP contribution in [0, 0.1) is 17.0 Å². The molecule has 32 heavy (non-hydrogen) atoms. The lowest BCUT2D eigenvalue weighted by atomic mass is 10.0. The Labute approximate surface area is 184 Å². The fourth-order valence-electron chi connectivity index (χ4n) is 3.73. The summed E-state index contributed by atoms with van der Waals surface area (Å²) < 4.78 is 12.8. The first-order chi connectivity index (χ1) is 15.4. The molecule has 0 aliphatic heterocycles. The predicted octanol–water partition coefficient (Wildman–Crippen LogP) is 4.40. The first-order valence-corrected chi connectivity index (χ1v) is 9.92. The summed E-state index contributed by atoms with van der Waals surface area (Å²) in [5.74, 6) is 2.05. The first kappa shape index (κ1) is 21.1. The van der Waals surface area contributed by atoms with Crippen LogP contribution < -0.4 is 14.8 Å². The molecule has 4 rings (SSSR count). The van der Waals surface area contributed by atoms with Gasteiger partial charge in [0.15, 0.2) is 5.52 Å². The zero-order valence-corrected chi connectivity index (χ0v) is 18.2. The van der Waals surface area contributed by atoms with Gasteiger partial charge in [-0.15, -0.1) is 0 Å². The van der Waals surface area contributed by atoms with Crippen molar-refractivity contribution in [2.24, 2.45) is 7.05 Å². The minimum atomic E-state index is -0.415. The highest BCUT2D eigenvalue weighted by Gasteiger charge is 2.23. The van der Waals surface area contributed by atoms with Crippen LogP contribution in [0.3, 0.4) is 0 Å². The Kier molecular flexibility index (Phi) is 5.63. The molecular formula is C23H23N5O4. The summed E-state index contributed by atoms with van der Waals surface area (Å²) in [7, 11) is 5.11. The van der Waals surface area contributed by atoms with Crippen LogP contribution in [0.25, 0.3) is 10.9 Å². The number of rotatable bonds is 7. The van der Waals surface area contributed by atoms with Gasteiger partial charge in [-0.2, -0.15) is 0 Å². The van der Waals surface area contributed by atoms with Gasteiger partial charge >= 0.3 is 0 Å². The molecule has 0 saturated heterocycles. The summed E-state index contributed by atoms with van der Waals surface area (Å²) in [6, 6.07) is 12.0. The number of nitrogens with zero attached hydrogens (tertiary/aromatic N) is 4. The van der Waals surface area contributed by atoms with E-state index in [-0.39, 0.29) is 11.7 Å². The summed E-state index contributed by atoms with van der Waals surface area (Å²) in [6.07, 6.45) is 3.59. The van der Waals surface area contributed by atoms with E-state index in [0.717, 1.165) is 11.4 Å². The molecule has 0 amide bonds. The maximum Gasteiger partial charge on any atom is 0.295 e. The third kappa shape index (κ3) is 3.92. The van der Waals surface area contributed by atoms with Crippen molar-refractivity contribution >= 4 is 22.3 Å². The number of nitro benzene ring substituents is 1. The summed E-state index contributed by atoms with van der Waals surface area (Å²) in [5, 5.41) is 15.7. The van der Waals surface area contributed by atoms with Gasteiger partial charge in [0, 0.05) is 48.3 Å². The Bertz CT molecular complexity index is 1280. The van der Waals surface area contributed by atoms with E-state index in [1.807, 2.05) is 49.0 Å². The Morgan fingerprint density at radius 1 is 1.12 bits per heavy atom. The van der Waals surface area contributed by atoms with E-state index >= 15 is 0 Å². The van der Waals surface area contributed by atoms with Gasteiger partial charge in [0.25, 0.3) is 5.69 Å². The quantitative estimate of drug-likeness (QED) is 0.340. The number of aromatic nitrogens is 3. The molecule has 9 nitrogen and oxygen atoms in total. The molecule has 0 aliphatic carbocycles. The number of hydrogen-bond donors (Lipinski definition) is 1. The number of methoxy groups -OCH3 is 2. The lowest BCUT2D eigenvalue weighted by molar-refractivity contribution is -0.383. The van der Waals surface area contributed by atoms with E-state index in [2.05, 4.69) is 15.3 Å². The molecule has 0 aliphatic rings. The molecule has 164 valence electrons. The second kappa shape index (κ2) is 8.54. The van der Waals surface area contributed by atoms with Crippen molar-refractivity contribution in [3.63, 3.8) is 0 Å². The molecule has 0 spiro atoms. The maximum absolute atomic E-state index is 11.6. The highest BCUT2D eigenvalue weighted by molar-refractivity contribution is 5.97. The van der Waals surface area contributed by atoms with Crippen molar-refractivity contribution in [1.29, 1.82) is 0 Å². The maximum atomic E-state index is 11.6. The largest absolute Gasteiger partial charge is 0.497 e. The average molecular weight is 433 g/mol. The third-order valence-electron chi connectivity index (χ3n) is 5.27. The third-order valence-corrected chi connectivity index (χ3v) is 5.27. The van der Waals surface area contributed by atoms with Crippen LogP contribution in [0.15, 0.2) is 54.9 Å². The van der Waals surface area contributed by atoms with Crippen molar-refractivity contribution in [1.82, 2.24) is 14.5 Å². The van der Waals surface area contributed by atoms with Gasteiger partial charge in [-0.05, 0) is 30.7 Å². The van der Waals surface area contributed by atoms with Gasteiger partial charge in [0.2, 0.25) is 0 Å². The van der Waals surface area contributed by atoms with Crippen molar-refractivity contribution in [2.45, 2.75) is 13.0 Å². The van der Waals surface area contributed by atoms with E-state index in [1.165, 1.54) is 6.07 Å². The molecule has 4 aromatic rings. The minimum absolute atomic E-state index is 0.0363. The number of fused-ring (bicyclic) bond motifs is 1. The van der Waals surface area contributed by atoms with E-state index < -0.39 is 4.92 Å². The van der Waals surface area contributed by atoms with Crippen molar-refractivity contribution in [3.05, 3.63) is 82.1 Å². The van der Waals surface area contributed by atoms with Crippen LogP contribution in [0.1, 0.15) is 23.1 Å². The van der Waals surface area contributed by atoms with Crippen LogP contribution in [0.4, 0.5) is 11.4 Å². The summed E-state index contributed by atoms with van der Waals surface area (Å²) in [5.41, 5.74) is 2.54. The zero-order chi connectivity index (χ0) is 22.8. The number of para-hydroxylation sites is 1. The summed E-state index contributed by atoms with van der Waals surface area (Å²) >= 11 is 0. The number of pyridine rings is 1. The first-order valence-electron chi connectivity index (χ1n) is 9.92. The fraction of sp³-hybridized carbons (Fsp3) is 0.217. The summed E-state index contributed by atoms with van der Waals surface area (Å²) in [6.45, 7) is 1.81. The van der Waals surface area contributed by atoms with Crippen molar-refractivity contribution in [3.8, 4) is 11.5 Å².